The van der Waals surface area contributed by atoms with Crippen LogP contribution in [0.5, 0.6) is 11.5 Å². The quantitative estimate of drug-likeness (QED) is 0.388. The van der Waals surface area contributed by atoms with E-state index in [0.29, 0.717) is 35.6 Å². The molecule has 172 valence electrons. The highest BCUT2D eigenvalue weighted by Crippen LogP contribution is 2.36. The van der Waals surface area contributed by atoms with Crippen LogP contribution in [0.25, 0.3) is 0 Å². The number of hydrogen-bond acceptors (Lipinski definition) is 6. The molecule has 0 unspecified atom stereocenters. The fourth-order valence-corrected chi connectivity index (χ4v) is 4.32. The Balaban J connectivity index is 1.45. The minimum absolute atomic E-state index is 0.155. The van der Waals surface area contributed by atoms with Crippen LogP contribution in [-0.2, 0) is 11.3 Å². The molecule has 2 aromatic carbocycles. The van der Waals surface area contributed by atoms with E-state index in [1.165, 1.54) is 23.9 Å². The van der Waals surface area contributed by atoms with Crippen LogP contribution >= 0.6 is 11.8 Å². The molecular formula is C24H25FN4O3S. The summed E-state index contributed by atoms with van der Waals surface area (Å²) in [4.78, 5) is 12.8. The van der Waals surface area contributed by atoms with Gasteiger partial charge in [-0.2, -0.15) is 0 Å². The average molecular weight is 469 g/mol. The molecule has 2 heterocycles. The van der Waals surface area contributed by atoms with Crippen molar-refractivity contribution in [1.29, 1.82) is 0 Å². The summed E-state index contributed by atoms with van der Waals surface area (Å²) in [5.74, 6) is 1.49. The first-order valence-corrected chi connectivity index (χ1v) is 11.5. The third-order valence-electron chi connectivity index (χ3n) is 5.23. The molecule has 0 radical (unpaired) electrons. The van der Waals surface area contributed by atoms with Crippen molar-refractivity contribution in [3.05, 3.63) is 78.4 Å². The summed E-state index contributed by atoms with van der Waals surface area (Å²) in [7, 11) is 0. The molecule has 0 bridgehead atoms. The van der Waals surface area contributed by atoms with Crippen molar-refractivity contribution in [3.63, 3.8) is 0 Å². The van der Waals surface area contributed by atoms with Gasteiger partial charge in [-0.1, -0.05) is 42.1 Å². The number of fused-ring (bicyclic) bond motifs is 1. The van der Waals surface area contributed by atoms with Gasteiger partial charge in [-0.15, -0.1) is 16.8 Å². The Morgan fingerprint density at radius 1 is 1.24 bits per heavy atom. The maximum absolute atomic E-state index is 13.2. The molecule has 3 aromatic rings. The first-order valence-electron chi connectivity index (χ1n) is 10.6. The number of amides is 1. The Morgan fingerprint density at radius 3 is 2.70 bits per heavy atom. The molecule has 7 nitrogen and oxygen atoms in total. The molecule has 1 aliphatic rings. The van der Waals surface area contributed by atoms with E-state index < -0.39 is 11.4 Å². The lowest BCUT2D eigenvalue weighted by Crippen LogP contribution is -2.33. The number of para-hydroxylation sites is 2. The van der Waals surface area contributed by atoms with E-state index in [4.69, 9.17) is 9.47 Å². The van der Waals surface area contributed by atoms with Gasteiger partial charge in [-0.05, 0) is 43.7 Å². The van der Waals surface area contributed by atoms with Crippen LogP contribution in [0.2, 0.25) is 0 Å². The molecule has 1 aliphatic heterocycles. The number of allylic oxidation sites excluding steroid dienone is 1. The lowest BCUT2D eigenvalue weighted by molar-refractivity contribution is -0.120. The molecule has 1 aromatic heterocycles. The number of carbonyl (C=O) groups is 1. The van der Waals surface area contributed by atoms with Crippen molar-refractivity contribution in [2.24, 2.45) is 0 Å². The Labute approximate surface area is 196 Å². The maximum atomic E-state index is 13.2. The van der Waals surface area contributed by atoms with Gasteiger partial charge in [0, 0.05) is 6.54 Å². The van der Waals surface area contributed by atoms with Crippen LogP contribution in [0.3, 0.4) is 0 Å². The third-order valence-corrected chi connectivity index (χ3v) is 6.31. The number of ether oxygens (including phenoxy) is 2. The van der Waals surface area contributed by atoms with Crippen molar-refractivity contribution < 1.29 is 18.7 Å². The Morgan fingerprint density at radius 2 is 1.97 bits per heavy atom. The van der Waals surface area contributed by atoms with Crippen LogP contribution < -0.4 is 14.8 Å². The second kappa shape index (κ2) is 10.1. The summed E-state index contributed by atoms with van der Waals surface area (Å²) < 4.78 is 26.9. The van der Waals surface area contributed by atoms with Gasteiger partial charge < -0.3 is 14.8 Å². The molecule has 9 heteroatoms. The van der Waals surface area contributed by atoms with Gasteiger partial charge in [0.15, 0.2) is 28.6 Å². The number of nitrogens with one attached hydrogen (secondary N) is 1. The predicted molar refractivity (Wildman–Crippen MR) is 124 cm³/mol. The summed E-state index contributed by atoms with van der Waals surface area (Å²) in [6.07, 6.45) is 1.32. The standard InChI is InChI=1S/C24H25FN4O3S/c1-4-13-29-22(21-14-31-19-7-5-6-8-20(19)32-21)27-28-24(29)33-16(3)23(30)26-15(2)17-9-11-18(25)12-10-17/h4-12,15-16,21H,1,13-14H2,2-3H3,(H,26,30)/t15-,16-,21-/m1/s1. The van der Waals surface area contributed by atoms with Crippen molar-refractivity contribution in [1.82, 2.24) is 20.1 Å². The fourth-order valence-electron chi connectivity index (χ4n) is 3.45. The Hall–Kier alpha value is -3.33. The molecule has 0 spiro atoms. The van der Waals surface area contributed by atoms with E-state index in [0.717, 1.165) is 5.56 Å². The van der Waals surface area contributed by atoms with Gasteiger partial charge in [-0.25, -0.2) is 4.39 Å². The fraction of sp³-hybridized carbons (Fsp3) is 0.292. The number of halogens is 1. The highest BCUT2D eigenvalue weighted by molar-refractivity contribution is 8.00. The van der Waals surface area contributed by atoms with E-state index in [1.807, 2.05) is 35.8 Å². The second-order valence-corrected chi connectivity index (χ2v) is 8.95. The first kappa shape index (κ1) is 22.8. The normalized spacial score (nSPS) is 16.6. The topological polar surface area (TPSA) is 78.3 Å². The van der Waals surface area contributed by atoms with Crippen molar-refractivity contribution >= 4 is 17.7 Å². The van der Waals surface area contributed by atoms with Crippen molar-refractivity contribution in [2.45, 2.75) is 42.9 Å². The van der Waals surface area contributed by atoms with Gasteiger partial charge in [0.1, 0.15) is 12.4 Å². The molecule has 0 fully saturated rings. The maximum Gasteiger partial charge on any atom is 0.233 e. The average Bonchev–Trinajstić information content (AvgIpc) is 3.21. The zero-order valence-corrected chi connectivity index (χ0v) is 19.2. The number of hydrogen-bond donors (Lipinski definition) is 1. The molecule has 0 aliphatic carbocycles. The van der Waals surface area contributed by atoms with Crippen LogP contribution in [0.1, 0.15) is 37.4 Å². The van der Waals surface area contributed by atoms with Crippen LogP contribution in [0.4, 0.5) is 4.39 Å². The lowest BCUT2D eigenvalue weighted by atomic mass is 10.1. The van der Waals surface area contributed by atoms with E-state index >= 15 is 0 Å². The summed E-state index contributed by atoms with van der Waals surface area (Å²) in [6.45, 7) is 8.27. The summed E-state index contributed by atoms with van der Waals surface area (Å²) in [5.41, 5.74) is 0.828. The zero-order chi connectivity index (χ0) is 23.4. The minimum atomic E-state index is -0.433. The van der Waals surface area contributed by atoms with E-state index in [-0.39, 0.29) is 17.8 Å². The highest BCUT2D eigenvalue weighted by atomic mass is 32.2. The van der Waals surface area contributed by atoms with Gasteiger partial charge in [-0.3, -0.25) is 9.36 Å². The van der Waals surface area contributed by atoms with Crippen molar-refractivity contribution in [3.8, 4) is 11.5 Å². The summed E-state index contributed by atoms with van der Waals surface area (Å²) >= 11 is 1.30. The molecule has 33 heavy (non-hydrogen) atoms. The molecule has 3 atom stereocenters. The number of nitrogens with zero attached hydrogens (tertiary/aromatic N) is 3. The largest absolute Gasteiger partial charge is 0.485 e. The summed E-state index contributed by atoms with van der Waals surface area (Å²) in [6, 6.07) is 13.3. The SMILES string of the molecule is C=CCn1c(S[C@H](C)C(=O)N[C@H](C)c2ccc(F)cc2)nnc1[C@H]1COc2ccccc2O1. The molecule has 0 saturated carbocycles. The van der Waals surface area contributed by atoms with E-state index in [1.54, 1.807) is 25.1 Å². The van der Waals surface area contributed by atoms with E-state index in [2.05, 4.69) is 22.1 Å². The number of benzene rings is 2. The van der Waals surface area contributed by atoms with Crippen molar-refractivity contribution in [2.75, 3.05) is 6.61 Å². The molecule has 0 saturated heterocycles. The van der Waals surface area contributed by atoms with Crippen LogP contribution in [0.15, 0.2) is 66.3 Å². The number of aromatic nitrogens is 3. The van der Waals surface area contributed by atoms with Gasteiger partial charge in [0.2, 0.25) is 5.91 Å². The highest BCUT2D eigenvalue weighted by Gasteiger charge is 2.29. The second-order valence-electron chi connectivity index (χ2n) is 7.65. The van der Waals surface area contributed by atoms with Gasteiger partial charge in [0.05, 0.1) is 11.3 Å². The van der Waals surface area contributed by atoms with E-state index in [9.17, 15) is 9.18 Å². The lowest BCUT2D eigenvalue weighted by Gasteiger charge is -2.26. The van der Waals surface area contributed by atoms with Gasteiger partial charge >= 0.3 is 0 Å². The number of thioether (sulfide) groups is 1. The monoisotopic (exact) mass is 468 g/mol. The first-order chi connectivity index (χ1) is 16.0. The zero-order valence-electron chi connectivity index (χ0n) is 18.4. The minimum Gasteiger partial charge on any atom is -0.485 e. The summed E-state index contributed by atoms with van der Waals surface area (Å²) in [5, 5.41) is 11.8. The molecular weight excluding hydrogens is 443 g/mol. The molecule has 1 N–H and O–H groups in total. The Kier molecular flexibility index (Phi) is 6.98. The van der Waals surface area contributed by atoms with Crippen LogP contribution in [-0.4, -0.2) is 32.5 Å². The molecule has 4 rings (SSSR count). The number of carbonyl (C=O) groups excluding carboxylic acids is 1. The van der Waals surface area contributed by atoms with Crippen LogP contribution in [0, 0.1) is 5.82 Å². The van der Waals surface area contributed by atoms with Gasteiger partial charge in [0.25, 0.3) is 0 Å². The smallest absolute Gasteiger partial charge is 0.233 e. The Bertz CT molecular complexity index is 1130. The third kappa shape index (κ3) is 5.19. The number of rotatable bonds is 8. The molecule has 1 amide bonds. The predicted octanol–water partition coefficient (Wildman–Crippen LogP) is 4.47.